The summed E-state index contributed by atoms with van der Waals surface area (Å²) < 4.78 is 0. The normalized spacial score (nSPS) is 17.5. The zero-order valence-corrected chi connectivity index (χ0v) is 30.0. The molecule has 2 unspecified atom stereocenters. The van der Waals surface area contributed by atoms with E-state index in [-0.39, 0.29) is 34.8 Å². The molecule has 1 fully saturated rings. The van der Waals surface area contributed by atoms with Crippen molar-refractivity contribution in [1.82, 2.24) is 20.4 Å². The Balaban J connectivity index is 1.66. The van der Waals surface area contributed by atoms with Gasteiger partial charge in [-0.1, -0.05) is 78.9 Å². The number of amides is 3. The van der Waals surface area contributed by atoms with Crippen molar-refractivity contribution < 1.29 is 14.4 Å². The molecule has 1 aliphatic heterocycles. The topological polar surface area (TPSA) is 108 Å². The van der Waals surface area contributed by atoms with Crippen molar-refractivity contribution >= 4 is 28.5 Å². The van der Waals surface area contributed by atoms with Gasteiger partial charge in [-0.2, -0.15) is 0 Å². The van der Waals surface area contributed by atoms with Crippen LogP contribution in [0, 0.1) is 0 Å². The number of carbonyl (C=O) groups excluding carboxylic acids is 3. The molecule has 0 bridgehead atoms. The Kier molecular flexibility index (Phi) is 11.5. The van der Waals surface area contributed by atoms with Gasteiger partial charge in [0.2, 0.25) is 17.7 Å². The van der Waals surface area contributed by atoms with E-state index in [0.29, 0.717) is 19.3 Å². The summed E-state index contributed by atoms with van der Waals surface area (Å²) in [6.07, 6.45) is 5.94. The van der Waals surface area contributed by atoms with Crippen LogP contribution in [-0.4, -0.2) is 76.4 Å². The molecule has 48 heavy (non-hydrogen) atoms. The fraction of sp³-hybridized carbons (Fsp3) is 0.475. The first kappa shape index (κ1) is 36.8. The van der Waals surface area contributed by atoms with Crippen LogP contribution < -0.4 is 16.4 Å². The number of nitrogens with zero attached hydrogens (tertiary/aromatic N) is 2. The van der Waals surface area contributed by atoms with Crippen molar-refractivity contribution in [3.63, 3.8) is 0 Å². The molecule has 4 rings (SSSR count). The summed E-state index contributed by atoms with van der Waals surface area (Å²) in [6, 6.07) is 22.3. The molecule has 0 spiro atoms. The molecule has 3 amide bonds. The molecule has 8 heteroatoms. The van der Waals surface area contributed by atoms with Gasteiger partial charge in [-0.05, 0) is 88.8 Å². The van der Waals surface area contributed by atoms with Gasteiger partial charge in [-0.3, -0.25) is 14.4 Å². The molecule has 3 aromatic rings. The van der Waals surface area contributed by atoms with Crippen LogP contribution in [0.1, 0.15) is 71.9 Å². The van der Waals surface area contributed by atoms with Gasteiger partial charge in [-0.25, -0.2) is 0 Å². The standard InChI is InChI=1S/C40H55N5O3/c1-38(2,41)22-14-19-35(46)44(7)34(25-29-20-21-30-17-12-13-18-31(30)23-29)37(48)45(8)33(24-28-15-10-9-11-16-28)36(47)42-32-26-39(3,4)43-40(5,6)27-32/h9-21,23,32-34,43H,22,24-27,41H2,1-8H3,(H,42,47)/b19-14+. The third-order valence-corrected chi connectivity index (χ3v) is 9.17. The highest BCUT2D eigenvalue weighted by Crippen LogP contribution is 2.29. The van der Waals surface area contributed by atoms with E-state index in [4.69, 9.17) is 5.73 Å². The Bertz CT molecular complexity index is 1590. The van der Waals surface area contributed by atoms with E-state index in [1.807, 2.05) is 80.6 Å². The molecule has 0 saturated carbocycles. The molecule has 1 heterocycles. The zero-order valence-electron chi connectivity index (χ0n) is 30.0. The van der Waals surface area contributed by atoms with Crippen molar-refractivity contribution in [3.05, 3.63) is 96.1 Å². The smallest absolute Gasteiger partial charge is 0.246 e. The summed E-state index contributed by atoms with van der Waals surface area (Å²) in [7, 11) is 3.34. The third kappa shape index (κ3) is 10.2. The number of carbonyl (C=O) groups is 3. The molecular formula is C40H55N5O3. The molecule has 0 aliphatic carbocycles. The van der Waals surface area contributed by atoms with Crippen LogP contribution in [0.15, 0.2) is 84.9 Å². The van der Waals surface area contributed by atoms with Gasteiger partial charge in [0.15, 0.2) is 0 Å². The highest BCUT2D eigenvalue weighted by Gasteiger charge is 2.40. The van der Waals surface area contributed by atoms with Gasteiger partial charge in [0.05, 0.1) is 0 Å². The van der Waals surface area contributed by atoms with Gasteiger partial charge < -0.3 is 26.2 Å². The van der Waals surface area contributed by atoms with Gasteiger partial charge in [0.1, 0.15) is 12.1 Å². The first-order valence-electron chi connectivity index (χ1n) is 17.0. The number of fused-ring (bicyclic) bond motifs is 1. The summed E-state index contributed by atoms with van der Waals surface area (Å²) in [5.74, 6) is -0.791. The quantitative estimate of drug-likeness (QED) is 0.228. The summed E-state index contributed by atoms with van der Waals surface area (Å²) >= 11 is 0. The number of nitrogens with one attached hydrogen (secondary N) is 2. The van der Waals surface area contributed by atoms with Crippen LogP contribution in [0.5, 0.6) is 0 Å². The van der Waals surface area contributed by atoms with Crippen molar-refractivity contribution in [2.75, 3.05) is 14.1 Å². The number of hydrogen-bond donors (Lipinski definition) is 3. The minimum Gasteiger partial charge on any atom is -0.351 e. The van der Waals surface area contributed by atoms with Crippen LogP contribution in [0.2, 0.25) is 0 Å². The molecule has 0 aromatic heterocycles. The first-order valence-corrected chi connectivity index (χ1v) is 17.0. The van der Waals surface area contributed by atoms with Crippen LogP contribution in [0.4, 0.5) is 0 Å². The predicted octanol–water partition coefficient (Wildman–Crippen LogP) is 5.39. The Hall–Kier alpha value is -4.01. The lowest BCUT2D eigenvalue weighted by atomic mass is 9.79. The second-order valence-corrected chi connectivity index (χ2v) is 15.6. The predicted molar refractivity (Wildman–Crippen MR) is 195 cm³/mol. The highest BCUT2D eigenvalue weighted by atomic mass is 16.2. The second kappa shape index (κ2) is 15.0. The fourth-order valence-electron chi connectivity index (χ4n) is 7.07. The van der Waals surface area contributed by atoms with Crippen molar-refractivity contribution in [1.29, 1.82) is 0 Å². The number of nitrogens with two attached hydrogens (primary N) is 1. The van der Waals surface area contributed by atoms with Gasteiger partial charge >= 0.3 is 0 Å². The van der Waals surface area contributed by atoms with E-state index in [0.717, 1.165) is 34.7 Å². The maximum Gasteiger partial charge on any atom is 0.246 e. The largest absolute Gasteiger partial charge is 0.351 e. The molecule has 0 radical (unpaired) electrons. The van der Waals surface area contributed by atoms with Crippen molar-refractivity contribution in [2.24, 2.45) is 5.73 Å². The summed E-state index contributed by atoms with van der Waals surface area (Å²) in [5.41, 5.74) is 7.24. The molecule has 2 atom stereocenters. The Morgan fingerprint density at radius 3 is 2.06 bits per heavy atom. The minimum atomic E-state index is -0.845. The Labute approximate surface area is 287 Å². The molecule has 8 nitrogen and oxygen atoms in total. The van der Waals surface area contributed by atoms with Gasteiger partial charge in [0, 0.05) is 49.6 Å². The summed E-state index contributed by atoms with van der Waals surface area (Å²) in [4.78, 5) is 45.4. The molecule has 258 valence electrons. The van der Waals surface area contributed by atoms with Crippen LogP contribution in [-0.2, 0) is 27.2 Å². The van der Waals surface area contributed by atoms with E-state index in [1.165, 1.54) is 11.0 Å². The Morgan fingerprint density at radius 2 is 1.44 bits per heavy atom. The molecule has 1 aliphatic rings. The zero-order chi connectivity index (χ0) is 35.3. The van der Waals surface area contributed by atoms with E-state index in [9.17, 15) is 14.4 Å². The average Bonchev–Trinajstić information content (AvgIpc) is 2.99. The van der Waals surface area contributed by atoms with Crippen LogP contribution >= 0.6 is 0 Å². The monoisotopic (exact) mass is 653 g/mol. The highest BCUT2D eigenvalue weighted by molar-refractivity contribution is 5.95. The lowest BCUT2D eigenvalue weighted by Gasteiger charge is -2.47. The maximum absolute atomic E-state index is 14.6. The van der Waals surface area contributed by atoms with Crippen molar-refractivity contribution in [3.8, 4) is 0 Å². The number of hydrogen-bond acceptors (Lipinski definition) is 5. The lowest BCUT2D eigenvalue weighted by Crippen LogP contribution is -2.63. The molecule has 3 aromatic carbocycles. The summed E-state index contributed by atoms with van der Waals surface area (Å²) in [6.45, 7) is 12.4. The minimum absolute atomic E-state index is 0.0555. The van der Waals surface area contributed by atoms with Gasteiger partial charge in [0.25, 0.3) is 0 Å². The third-order valence-electron chi connectivity index (χ3n) is 9.17. The molecule has 4 N–H and O–H groups in total. The van der Waals surface area contributed by atoms with Gasteiger partial charge in [-0.15, -0.1) is 0 Å². The number of benzene rings is 3. The fourth-order valence-corrected chi connectivity index (χ4v) is 7.07. The molecular weight excluding hydrogens is 598 g/mol. The average molecular weight is 654 g/mol. The second-order valence-electron chi connectivity index (χ2n) is 15.6. The van der Waals surface area contributed by atoms with E-state index in [2.05, 4.69) is 44.4 Å². The van der Waals surface area contributed by atoms with Crippen molar-refractivity contribution in [2.45, 2.75) is 108 Å². The van der Waals surface area contributed by atoms with E-state index < -0.39 is 17.6 Å². The Morgan fingerprint density at radius 1 is 0.854 bits per heavy atom. The number of piperidine rings is 1. The SMILES string of the molecule is CN(C(=O)/C=C/CC(C)(C)N)C(Cc1ccc2ccccc2c1)C(=O)N(C)C(Cc1ccccc1)C(=O)NC1CC(C)(C)NC(C)(C)C1. The molecule has 1 saturated heterocycles. The van der Waals surface area contributed by atoms with E-state index in [1.54, 1.807) is 25.1 Å². The summed E-state index contributed by atoms with van der Waals surface area (Å²) in [5, 5.41) is 9.14. The van der Waals surface area contributed by atoms with E-state index >= 15 is 0 Å². The number of likely N-dealkylation sites (N-methyl/N-ethyl adjacent to an activating group) is 2. The van der Waals surface area contributed by atoms with Crippen LogP contribution in [0.25, 0.3) is 10.8 Å². The lowest BCUT2D eigenvalue weighted by molar-refractivity contribution is -0.146. The number of rotatable bonds is 12. The first-order chi connectivity index (χ1) is 22.4. The maximum atomic E-state index is 14.6. The van der Waals surface area contributed by atoms with Crippen LogP contribution in [0.3, 0.4) is 0 Å².